The van der Waals surface area contributed by atoms with Gasteiger partial charge in [-0.1, -0.05) is 0 Å². The summed E-state index contributed by atoms with van der Waals surface area (Å²) in [4.78, 5) is 7.91. The van der Waals surface area contributed by atoms with Gasteiger partial charge in [0.2, 0.25) is 0 Å². The van der Waals surface area contributed by atoms with Crippen molar-refractivity contribution in [2.75, 3.05) is 24.1 Å². The Hall–Kier alpha value is -2.66. The van der Waals surface area contributed by atoms with Gasteiger partial charge >= 0.3 is 0 Å². The molecule has 0 aliphatic carbocycles. The lowest BCUT2D eigenvalue weighted by Crippen LogP contribution is -2.51. The minimum Gasteiger partial charge on any atom is -0.382 e. The Balaban J connectivity index is 1.99. The van der Waals surface area contributed by atoms with E-state index >= 15 is 0 Å². The van der Waals surface area contributed by atoms with Crippen LogP contribution in [0, 0.1) is 11.3 Å². The Bertz CT molecular complexity index is 622. The first-order valence-corrected chi connectivity index (χ1v) is 5.82. The van der Waals surface area contributed by atoms with E-state index < -0.39 is 0 Å². The summed E-state index contributed by atoms with van der Waals surface area (Å²) in [6, 6.07) is 4.03. The molecule has 1 aliphatic rings. The maximum Gasteiger partial charge on any atom is 0.169 e. The lowest BCUT2D eigenvalue weighted by Gasteiger charge is -2.27. The van der Waals surface area contributed by atoms with Gasteiger partial charge in [-0.15, -0.1) is 5.10 Å². The molecule has 0 bridgehead atoms. The van der Waals surface area contributed by atoms with Gasteiger partial charge in [-0.05, 0) is 0 Å². The highest BCUT2D eigenvalue weighted by molar-refractivity contribution is 5.66. The highest BCUT2D eigenvalue weighted by Gasteiger charge is 2.22. The smallest absolute Gasteiger partial charge is 0.169 e. The van der Waals surface area contributed by atoms with Crippen molar-refractivity contribution in [2.45, 2.75) is 6.04 Å². The van der Waals surface area contributed by atoms with Crippen molar-refractivity contribution in [3.05, 3.63) is 24.2 Å². The molecule has 0 spiro atoms. The van der Waals surface area contributed by atoms with Gasteiger partial charge in [0.05, 0.1) is 6.04 Å². The molecule has 8 nitrogen and oxygen atoms in total. The standard InChI is InChI=1S/C11H12N8/c12-3-8-10(13)19(9-1-2-14-6-16-9)18-11(8)17-7-4-15-5-7/h1-2,6-7,15H,4-5,13H2,(H,17,18). The molecular weight excluding hydrogens is 244 g/mol. The lowest BCUT2D eigenvalue weighted by atomic mass is 10.2. The molecule has 19 heavy (non-hydrogen) atoms. The van der Waals surface area contributed by atoms with Gasteiger partial charge < -0.3 is 16.4 Å². The summed E-state index contributed by atoms with van der Waals surface area (Å²) in [7, 11) is 0. The summed E-state index contributed by atoms with van der Waals surface area (Å²) in [5, 5.41) is 19.8. The number of rotatable bonds is 3. The van der Waals surface area contributed by atoms with Crippen LogP contribution in [0.25, 0.3) is 5.82 Å². The Labute approximate surface area is 109 Å². The normalized spacial score (nSPS) is 14.7. The quantitative estimate of drug-likeness (QED) is 0.677. The number of nitrogen functional groups attached to an aromatic ring is 1. The number of nitrogens with two attached hydrogens (primary N) is 1. The summed E-state index contributed by atoms with van der Waals surface area (Å²) in [6.07, 6.45) is 3.00. The molecule has 4 N–H and O–H groups in total. The highest BCUT2D eigenvalue weighted by atomic mass is 15.4. The number of aromatic nitrogens is 4. The maximum atomic E-state index is 9.19. The predicted molar refractivity (Wildman–Crippen MR) is 68.6 cm³/mol. The van der Waals surface area contributed by atoms with E-state index in [0.29, 0.717) is 17.2 Å². The Morgan fingerprint density at radius 3 is 2.95 bits per heavy atom. The summed E-state index contributed by atoms with van der Waals surface area (Å²) in [6.45, 7) is 1.70. The van der Waals surface area contributed by atoms with Gasteiger partial charge in [0.1, 0.15) is 23.8 Å². The van der Waals surface area contributed by atoms with Crippen LogP contribution < -0.4 is 16.4 Å². The predicted octanol–water partition coefficient (Wildman–Crippen LogP) is -0.500. The van der Waals surface area contributed by atoms with Crippen LogP contribution in [0.4, 0.5) is 11.6 Å². The fourth-order valence-electron chi connectivity index (χ4n) is 1.81. The molecule has 0 amide bonds. The maximum absolute atomic E-state index is 9.19. The van der Waals surface area contributed by atoms with Crippen LogP contribution in [0.1, 0.15) is 5.56 Å². The average Bonchev–Trinajstić information content (AvgIpc) is 2.71. The summed E-state index contributed by atoms with van der Waals surface area (Å²) >= 11 is 0. The van der Waals surface area contributed by atoms with Crippen molar-refractivity contribution in [3.8, 4) is 11.9 Å². The Morgan fingerprint density at radius 1 is 1.53 bits per heavy atom. The van der Waals surface area contributed by atoms with E-state index in [-0.39, 0.29) is 11.9 Å². The van der Waals surface area contributed by atoms with Crippen LogP contribution in [0.2, 0.25) is 0 Å². The van der Waals surface area contributed by atoms with Crippen molar-refractivity contribution in [2.24, 2.45) is 0 Å². The fourth-order valence-corrected chi connectivity index (χ4v) is 1.81. The summed E-state index contributed by atoms with van der Waals surface area (Å²) < 4.78 is 1.44. The number of nitrogens with zero attached hydrogens (tertiary/aromatic N) is 5. The molecule has 1 fully saturated rings. The average molecular weight is 256 g/mol. The first kappa shape index (κ1) is 11.4. The van der Waals surface area contributed by atoms with Crippen LogP contribution in [0.15, 0.2) is 18.6 Å². The second-order valence-corrected chi connectivity index (χ2v) is 4.20. The van der Waals surface area contributed by atoms with E-state index in [9.17, 15) is 5.26 Å². The second kappa shape index (κ2) is 4.55. The molecule has 0 atom stereocenters. The lowest BCUT2D eigenvalue weighted by molar-refractivity contribution is 0.470. The summed E-state index contributed by atoms with van der Waals surface area (Å²) in [5.41, 5.74) is 6.28. The SMILES string of the molecule is N#Cc1c(NC2CNC2)nn(-c2ccncn2)c1N. The van der Waals surface area contributed by atoms with Crippen molar-refractivity contribution in [1.82, 2.24) is 25.1 Å². The van der Waals surface area contributed by atoms with Crippen molar-refractivity contribution in [1.29, 1.82) is 5.26 Å². The molecule has 1 saturated heterocycles. The fraction of sp³-hybridized carbons (Fsp3) is 0.273. The largest absolute Gasteiger partial charge is 0.382 e. The van der Waals surface area contributed by atoms with Crippen LogP contribution in [0.5, 0.6) is 0 Å². The number of anilines is 2. The third-order valence-electron chi connectivity index (χ3n) is 2.94. The second-order valence-electron chi connectivity index (χ2n) is 4.20. The van der Waals surface area contributed by atoms with Crippen LogP contribution in [0.3, 0.4) is 0 Å². The van der Waals surface area contributed by atoms with E-state index in [1.807, 2.05) is 0 Å². The Kier molecular flexibility index (Phi) is 2.74. The first-order valence-electron chi connectivity index (χ1n) is 5.82. The molecule has 3 heterocycles. The Morgan fingerprint density at radius 2 is 2.37 bits per heavy atom. The van der Waals surface area contributed by atoms with Gasteiger partial charge in [-0.3, -0.25) is 0 Å². The van der Waals surface area contributed by atoms with Gasteiger partial charge in [-0.2, -0.15) is 9.94 Å². The molecule has 3 rings (SSSR count). The summed E-state index contributed by atoms with van der Waals surface area (Å²) in [5.74, 6) is 1.30. The molecule has 0 saturated carbocycles. The van der Waals surface area contributed by atoms with E-state index in [0.717, 1.165) is 13.1 Å². The van der Waals surface area contributed by atoms with E-state index in [2.05, 4.69) is 31.8 Å². The molecule has 2 aromatic heterocycles. The molecule has 0 unspecified atom stereocenters. The molecule has 0 aromatic carbocycles. The van der Waals surface area contributed by atoms with Crippen LogP contribution in [-0.2, 0) is 0 Å². The number of hydrogen-bond donors (Lipinski definition) is 3. The van der Waals surface area contributed by atoms with Crippen molar-refractivity contribution >= 4 is 11.6 Å². The van der Waals surface area contributed by atoms with Gasteiger partial charge in [-0.25, -0.2) is 9.97 Å². The number of nitriles is 1. The van der Waals surface area contributed by atoms with E-state index in [1.54, 1.807) is 12.3 Å². The first-order chi connectivity index (χ1) is 9.29. The molecule has 96 valence electrons. The topological polar surface area (TPSA) is 117 Å². The third-order valence-corrected chi connectivity index (χ3v) is 2.94. The zero-order valence-corrected chi connectivity index (χ0v) is 10.0. The van der Waals surface area contributed by atoms with E-state index in [4.69, 9.17) is 5.73 Å². The van der Waals surface area contributed by atoms with Crippen LogP contribution >= 0.6 is 0 Å². The number of nitrogens with one attached hydrogen (secondary N) is 2. The molecule has 1 aliphatic heterocycles. The third kappa shape index (κ3) is 1.96. The molecule has 8 heteroatoms. The minimum atomic E-state index is 0.274. The van der Waals surface area contributed by atoms with Gasteiger partial charge in [0.25, 0.3) is 0 Å². The molecular formula is C11H12N8. The monoisotopic (exact) mass is 256 g/mol. The van der Waals surface area contributed by atoms with Crippen LogP contribution in [-0.4, -0.2) is 38.9 Å². The molecule has 0 radical (unpaired) electrons. The minimum absolute atomic E-state index is 0.274. The van der Waals surface area contributed by atoms with Gasteiger partial charge in [0.15, 0.2) is 11.6 Å². The molecule has 2 aromatic rings. The van der Waals surface area contributed by atoms with Crippen molar-refractivity contribution in [3.63, 3.8) is 0 Å². The van der Waals surface area contributed by atoms with E-state index in [1.165, 1.54) is 11.0 Å². The zero-order valence-electron chi connectivity index (χ0n) is 10.0. The van der Waals surface area contributed by atoms with Crippen molar-refractivity contribution < 1.29 is 0 Å². The zero-order chi connectivity index (χ0) is 13.2. The number of hydrogen-bond acceptors (Lipinski definition) is 7. The highest BCUT2D eigenvalue weighted by Crippen LogP contribution is 2.23. The van der Waals surface area contributed by atoms with Gasteiger partial charge in [0, 0.05) is 25.4 Å².